The van der Waals surface area contributed by atoms with Crippen LogP contribution in [-0.2, 0) is 13.1 Å². The van der Waals surface area contributed by atoms with Gasteiger partial charge in [-0.2, -0.15) is 5.10 Å². The number of fused-ring (bicyclic) bond motifs is 1. The van der Waals surface area contributed by atoms with Crippen molar-refractivity contribution in [1.82, 2.24) is 14.3 Å². The van der Waals surface area contributed by atoms with Crippen LogP contribution in [0, 0.1) is 13.8 Å². The van der Waals surface area contributed by atoms with Gasteiger partial charge in [0.25, 0.3) is 5.91 Å². The number of anilines is 1. The Morgan fingerprint density at radius 3 is 2.70 bits per heavy atom. The molecule has 3 aromatic heterocycles. The normalized spacial score (nSPS) is 11.2. The SMILES string of the molecule is CCn1c(C(=O)Nc2c(C)nn(Cc3ccccc3)c2C)cc2sccc21. The van der Waals surface area contributed by atoms with Crippen LogP contribution in [0.15, 0.2) is 47.8 Å². The van der Waals surface area contributed by atoms with E-state index < -0.39 is 0 Å². The van der Waals surface area contributed by atoms with E-state index in [-0.39, 0.29) is 5.91 Å². The Labute approximate surface area is 162 Å². The van der Waals surface area contributed by atoms with Gasteiger partial charge in [-0.05, 0) is 43.8 Å². The van der Waals surface area contributed by atoms with Gasteiger partial charge in [0.1, 0.15) is 5.69 Å². The molecule has 0 aliphatic rings. The van der Waals surface area contributed by atoms with Crippen LogP contribution < -0.4 is 5.32 Å². The van der Waals surface area contributed by atoms with Crippen molar-refractivity contribution in [3.63, 3.8) is 0 Å². The summed E-state index contributed by atoms with van der Waals surface area (Å²) in [4.78, 5) is 13.0. The molecule has 0 unspecified atom stereocenters. The van der Waals surface area contributed by atoms with Gasteiger partial charge in [-0.1, -0.05) is 30.3 Å². The van der Waals surface area contributed by atoms with Crippen LogP contribution in [-0.4, -0.2) is 20.3 Å². The number of carbonyl (C=O) groups is 1. The van der Waals surface area contributed by atoms with Crippen LogP contribution in [0.5, 0.6) is 0 Å². The molecule has 1 aromatic carbocycles. The second kappa shape index (κ2) is 7.04. The molecule has 0 aliphatic heterocycles. The Kier molecular flexibility index (Phi) is 4.58. The predicted octanol–water partition coefficient (Wildman–Crippen LogP) is 4.84. The van der Waals surface area contributed by atoms with Crippen molar-refractivity contribution in [3.8, 4) is 0 Å². The molecule has 1 N–H and O–H groups in total. The third-order valence-corrected chi connectivity index (χ3v) is 5.72. The quantitative estimate of drug-likeness (QED) is 0.540. The first kappa shape index (κ1) is 17.5. The van der Waals surface area contributed by atoms with Crippen molar-refractivity contribution in [2.45, 2.75) is 33.9 Å². The maximum absolute atomic E-state index is 13.0. The largest absolute Gasteiger partial charge is 0.336 e. The lowest BCUT2D eigenvalue weighted by atomic mass is 10.2. The lowest BCUT2D eigenvalue weighted by molar-refractivity contribution is 0.101. The monoisotopic (exact) mass is 378 g/mol. The van der Waals surface area contributed by atoms with Gasteiger partial charge in [0.15, 0.2) is 0 Å². The highest BCUT2D eigenvalue weighted by Gasteiger charge is 2.19. The third-order valence-electron chi connectivity index (χ3n) is 4.87. The summed E-state index contributed by atoms with van der Waals surface area (Å²) in [5, 5.41) is 9.77. The van der Waals surface area contributed by atoms with Crippen molar-refractivity contribution in [3.05, 3.63) is 70.5 Å². The number of carbonyl (C=O) groups excluding carboxylic acids is 1. The number of hydrogen-bond acceptors (Lipinski definition) is 3. The first-order valence-corrected chi connectivity index (χ1v) is 9.92. The zero-order valence-electron chi connectivity index (χ0n) is 15.7. The highest BCUT2D eigenvalue weighted by atomic mass is 32.1. The maximum atomic E-state index is 13.0. The Hall–Kier alpha value is -2.86. The van der Waals surface area contributed by atoms with Gasteiger partial charge in [0, 0.05) is 6.54 Å². The molecule has 4 rings (SSSR count). The zero-order chi connectivity index (χ0) is 19.0. The molecule has 0 fully saturated rings. The number of aromatic nitrogens is 3. The van der Waals surface area contributed by atoms with Crippen molar-refractivity contribution < 1.29 is 4.79 Å². The molecule has 3 heterocycles. The summed E-state index contributed by atoms with van der Waals surface area (Å²) in [6.45, 7) is 7.43. The third kappa shape index (κ3) is 3.17. The van der Waals surface area contributed by atoms with Gasteiger partial charge in [0.05, 0.1) is 33.8 Å². The molecule has 0 saturated heterocycles. The zero-order valence-corrected chi connectivity index (χ0v) is 16.5. The molecule has 0 saturated carbocycles. The molecule has 0 aliphatic carbocycles. The molecule has 138 valence electrons. The van der Waals surface area contributed by atoms with Gasteiger partial charge in [0.2, 0.25) is 0 Å². The van der Waals surface area contributed by atoms with E-state index in [1.807, 2.05) is 42.8 Å². The summed E-state index contributed by atoms with van der Waals surface area (Å²) in [6.07, 6.45) is 0. The Morgan fingerprint density at radius 1 is 1.19 bits per heavy atom. The summed E-state index contributed by atoms with van der Waals surface area (Å²) in [5.41, 5.74) is 5.56. The van der Waals surface area contributed by atoms with Crippen LogP contribution in [0.3, 0.4) is 0 Å². The van der Waals surface area contributed by atoms with Crippen LogP contribution >= 0.6 is 11.3 Å². The van der Waals surface area contributed by atoms with E-state index >= 15 is 0 Å². The first-order chi connectivity index (χ1) is 13.1. The fourth-order valence-corrected chi connectivity index (χ4v) is 4.29. The van der Waals surface area contributed by atoms with Gasteiger partial charge < -0.3 is 9.88 Å². The highest BCUT2D eigenvalue weighted by Crippen LogP contribution is 2.27. The number of rotatable bonds is 5. The van der Waals surface area contributed by atoms with Crippen molar-refractivity contribution >= 4 is 33.1 Å². The minimum Gasteiger partial charge on any atom is -0.336 e. The summed E-state index contributed by atoms with van der Waals surface area (Å²) >= 11 is 1.66. The van der Waals surface area contributed by atoms with E-state index in [1.165, 1.54) is 5.56 Å². The molecule has 27 heavy (non-hydrogen) atoms. The van der Waals surface area contributed by atoms with Gasteiger partial charge >= 0.3 is 0 Å². The van der Waals surface area contributed by atoms with Gasteiger partial charge in [-0.25, -0.2) is 0 Å². The maximum Gasteiger partial charge on any atom is 0.272 e. The number of amides is 1. The van der Waals surface area contributed by atoms with Crippen molar-refractivity contribution in [2.75, 3.05) is 5.32 Å². The highest BCUT2D eigenvalue weighted by molar-refractivity contribution is 7.17. The molecular formula is C21H22N4OS. The average Bonchev–Trinajstić information content (AvgIpc) is 3.32. The van der Waals surface area contributed by atoms with E-state index in [4.69, 9.17) is 0 Å². The fraction of sp³-hybridized carbons (Fsp3) is 0.238. The minimum atomic E-state index is -0.0919. The molecular weight excluding hydrogens is 356 g/mol. The lowest BCUT2D eigenvalue weighted by Gasteiger charge is -2.09. The topological polar surface area (TPSA) is 51.9 Å². The van der Waals surface area contributed by atoms with E-state index in [0.717, 1.165) is 33.8 Å². The summed E-state index contributed by atoms with van der Waals surface area (Å²) in [6, 6.07) is 14.2. The average molecular weight is 379 g/mol. The molecule has 0 atom stereocenters. The van der Waals surface area contributed by atoms with E-state index in [1.54, 1.807) is 11.3 Å². The lowest BCUT2D eigenvalue weighted by Crippen LogP contribution is -2.17. The molecule has 0 radical (unpaired) electrons. The number of hydrogen-bond donors (Lipinski definition) is 1. The smallest absolute Gasteiger partial charge is 0.272 e. The summed E-state index contributed by atoms with van der Waals surface area (Å²) in [7, 11) is 0. The van der Waals surface area contributed by atoms with Gasteiger partial charge in [-0.3, -0.25) is 9.48 Å². The van der Waals surface area contributed by atoms with Crippen molar-refractivity contribution in [2.24, 2.45) is 0 Å². The molecule has 0 bridgehead atoms. The van der Waals surface area contributed by atoms with Crippen LogP contribution in [0.4, 0.5) is 5.69 Å². The minimum absolute atomic E-state index is 0.0919. The first-order valence-electron chi connectivity index (χ1n) is 9.04. The number of benzene rings is 1. The van der Waals surface area contributed by atoms with Crippen LogP contribution in [0.25, 0.3) is 10.2 Å². The van der Waals surface area contributed by atoms with E-state index in [9.17, 15) is 4.79 Å². The Morgan fingerprint density at radius 2 is 1.96 bits per heavy atom. The van der Waals surface area contributed by atoms with Crippen molar-refractivity contribution in [1.29, 1.82) is 0 Å². The molecule has 4 aromatic rings. The van der Waals surface area contributed by atoms with Gasteiger partial charge in [-0.15, -0.1) is 11.3 Å². The summed E-state index contributed by atoms with van der Waals surface area (Å²) < 4.78 is 5.13. The number of nitrogens with one attached hydrogen (secondary N) is 1. The predicted molar refractivity (Wildman–Crippen MR) is 111 cm³/mol. The molecule has 5 nitrogen and oxygen atoms in total. The van der Waals surface area contributed by atoms with Crippen LogP contribution in [0.1, 0.15) is 34.4 Å². The molecule has 1 amide bonds. The second-order valence-corrected chi connectivity index (χ2v) is 7.53. The summed E-state index contributed by atoms with van der Waals surface area (Å²) in [5.74, 6) is -0.0919. The van der Waals surface area contributed by atoms with E-state index in [2.05, 4.69) is 45.5 Å². The Balaban J connectivity index is 1.62. The van der Waals surface area contributed by atoms with Crippen LogP contribution in [0.2, 0.25) is 0 Å². The fourth-order valence-electron chi connectivity index (χ4n) is 3.47. The number of nitrogens with zero attached hydrogens (tertiary/aromatic N) is 3. The second-order valence-electron chi connectivity index (χ2n) is 6.59. The standard InChI is InChI=1S/C21H22N4OS/c1-4-24-17-10-11-27-19(17)12-18(24)21(26)22-20-14(2)23-25(15(20)3)13-16-8-6-5-7-9-16/h5-12H,4,13H2,1-3H3,(H,22,26). The number of thiophene rings is 1. The molecule has 6 heteroatoms. The number of aryl methyl sites for hydroxylation is 2. The molecule has 0 spiro atoms. The Bertz CT molecular complexity index is 1100. The van der Waals surface area contributed by atoms with E-state index in [0.29, 0.717) is 12.2 Å².